The lowest BCUT2D eigenvalue weighted by molar-refractivity contribution is -0.111. The topological polar surface area (TPSA) is 105 Å². The maximum Gasteiger partial charge on any atom is 0.253 e. The molecule has 0 saturated carbocycles. The second-order valence-electron chi connectivity index (χ2n) is 7.67. The van der Waals surface area contributed by atoms with Crippen LogP contribution in [0.3, 0.4) is 0 Å². The van der Waals surface area contributed by atoms with Gasteiger partial charge in [-0.15, -0.1) is 0 Å². The first-order valence-electron chi connectivity index (χ1n) is 10.4. The van der Waals surface area contributed by atoms with Crippen LogP contribution in [0.1, 0.15) is 23.2 Å². The molecule has 9 nitrogen and oxygen atoms in total. The molecule has 1 aliphatic rings. The van der Waals surface area contributed by atoms with Crippen molar-refractivity contribution in [2.24, 2.45) is 7.05 Å². The van der Waals surface area contributed by atoms with Crippen molar-refractivity contribution >= 4 is 23.5 Å². The third-order valence-electron chi connectivity index (χ3n) is 5.28. The molecule has 3 aromatic rings. The van der Waals surface area contributed by atoms with Gasteiger partial charge in [-0.2, -0.15) is 5.10 Å². The van der Waals surface area contributed by atoms with E-state index < -0.39 is 0 Å². The van der Waals surface area contributed by atoms with Crippen LogP contribution in [0.25, 0.3) is 11.3 Å². The summed E-state index contributed by atoms with van der Waals surface area (Å²) in [4.78, 5) is 35.2. The van der Waals surface area contributed by atoms with Crippen LogP contribution in [0.4, 0.5) is 11.6 Å². The number of carbonyl (C=O) groups is 2. The lowest BCUT2D eigenvalue weighted by Crippen LogP contribution is -2.45. The van der Waals surface area contributed by atoms with Crippen LogP contribution in [-0.4, -0.2) is 55.6 Å². The van der Waals surface area contributed by atoms with Gasteiger partial charge in [0.05, 0.1) is 11.9 Å². The van der Waals surface area contributed by atoms with Crippen molar-refractivity contribution in [1.29, 1.82) is 0 Å². The molecule has 0 radical (unpaired) electrons. The average Bonchev–Trinajstić information content (AvgIpc) is 3.26. The molecule has 2 amide bonds. The van der Waals surface area contributed by atoms with E-state index in [4.69, 9.17) is 0 Å². The van der Waals surface area contributed by atoms with Gasteiger partial charge in [-0.05, 0) is 49.2 Å². The van der Waals surface area contributed by atoms with Gasteiger partial charge in [0.15, 0.2) is 0 Å². The van der Waals surface area contributed by atoms with Crippen LogP contribution >= 0.6 is 0 Å². The van der Waals surface area contributed by atoms with Gasteiger partial charge >= 0.3 is 0 Å². The van der Waals surface area contributed by atoms with Gasteiger partial charge in [0.1, 0.15) is 0 Å². The molecular weight excluding hydrogens is 406 g/mol. The molecule has 0 aliphatic carbocycles. The molecule has 1 saturated heterocycles. The highest BCUT2D eigenvalue weighted by Crippen LogP contribution is 2.20. The molecule has 1 unspecified atom stereocenters. The summed E-state index contributed by atoms with van der Waals surface area (Å²) in [6.07, 6.45) is 8.41. The highest BCUT2D eigenvalue weighted by atomic mass is 16.2. The molecule has 164 valence electrons. The van der Waals surface area contributed by atoms with Crippen LogP contribution in [-0.2, 0) is 11.8 Å². The van der Waals surface area contributed by atoms with E-state index >= 15 is 0 Å². The first-order chi connectivity index (χ1) is 15.5. The normalized spacial score (nSPS) is 15.8. The van der Waals surface area contributed by atoms with Gasteiger partial charge in [0.2, 0.25) is 11.9 Å². The lowest BCUT2D eigenvalue weighted by Gasteiger charge is -2.33. The molecule has 9 heteroatoms. The zero-order chi connectivity index (χ0) is 22.5. The quantitative estimate of drug-likeness (QED) is 0.582. The van der Waals surface area contributed by atoms with Crippen LogP contribution < -0.4 is 10.6 Å². The smallest absolute Gasteiger partial charge is 0.253 e. The summed E-state index contributed by atoms with van der Waals surface area (Å²) >= 11 is 0. The van der Waals surface area contributed by atoms with Gasteiger partial charge in [-0.25, -0.2) is 9.97 Å². The summed E-state index contributed by atoms with van der Waals surface area (Å²) in [7, 11) is 1.86. The van der Waals surface area contributed by atoms with Crippen molar-refractivity contribution in [3.8, 4) is 11.3 Å². The molecule has 2 N–H and O–H groups in total. The fourth-order valence-electron chi connectivity index (χ4n) is 3.68. The summed E-state index contributed by atoms with van der Waals surface area (Å²) in [5, 5.41) is 10.2. The Hall–Kier alpha value is -4.01. The molecule has 1 aromatic carbocycles. The second-order valence-corrected chi connectivity index (χ2v) is 7.67. The molecular formula is C23H25N7O2. The monoisotopic (exact) mass is 431 g/mol. The van der Waals surface area contributed by atoms with E-state index in [1.807, 2.05) is 24.2 Å². The first-order valence-corrected chi connectivity index (χ1v) is 10.4. The van der Waals surface area contributed by atoms with Crippen LogP contribution in [0.5, 0.6) is 0 Å². The molecule has 1 fully saturated rings. The Morgan fingerprint density at radius 1 is 1.22 bits per heavy atom. The number of rotatable bonds is 6. The van der Waals surface area contributed by atoms with Gasteiger partial charge in [0, 0.05) is 55.4 Å². The maximum atomic E-state index is 13.0. The van der Waals surface area contributed by atoms with Gasteiger partial charge in [-0.1, -0.05) is 6.58 Å². The van der Waals surface area contributed by atoms with Crippen molar-refractivity contribution in [3.05, 3.63) is 67.1 Å². The van der Waals surface area contributed by atoms with Gasteiger partial charge in [-0.3, -0.25) is 14.3 Å². The average molecular weight is 432 g/mol. The number of aromatic nitrogens is 4. The second kappa shape index (κ2) is 9.42. The molecule has 0 bridgehead atoms. The van der Waals surface area contributed by atoms with Crippen LogP contribution in [0.15, 0.2) is 61.6 Å². The van der Waals surface area contributed by atoms with Gasteiger partial charge in [0.25, 0.3) is 5.91 Å². The van der Waals surface area contributed by atoms with Crippen LogP contribution in [0.2, 0.25) is 0 Å². The standard InChI is InChI=1S/C23H25N7O2/c1-3-21(31)26-18-8-6-16(7-9-18)22(32)30-12-4-5-19(15-30)27-23-24-11-10-20(28-23)17-13-25-29(2)14-17/h3,6-11,13-14,19H,1,4-5,12,15H2,2H3,(H,26,31)(H,24,27,28). The number of carbonyl (C=O) groups excluding carboxylic acids is 2. The molecule has 1 aliphatic heterocycles. The van der Waals surface area contributed by atoms with Gasteiger partial charge < -0.3 is 15.5 Å². The van der Waals surface area contributed by atoms with E-state index in [-0.39, 0.29) is 17.9 Å². The summed E-state index contributed by atoms with van der Waals surface area (Å²) in [6, 6.07) is 8.78. The zero-order valence-corrected chi connectivity index (χ0v) is 17.9. The fourth-order valence-corrected chi connectivity index (χ4v) is 3.68. The zero-order valence-electron chi connectivity index (χ0n) is 17.9. The number of hydrogen-bond donors (Lipinski definition) is 2. The lowest BCUT2D eigenvalue weighted by atomic mass is 10.0. The molecule has 4 rings (SSSR count). The molecule has 2 aromatic heterocycles. The number of hydrogen-bond acceptors (Lipinski definition) is 6. The number of nitrogens with one attached hydrogen (secondary N) is 2. The Morgan fingerprint density at radius 3 is 2.75 bits per heavy atom. The van der Waals surface area contributed by atoms with E-state index in [0.717, 1.165) is 24.1 Å². The Labute approximate surface area is 186 Å². The van der Waals surface area contributed by atoms with Crippen molar-refractivity contribution in [3.63, 3.8) is 0 Å². The van der Waals surface area contributed by atoms with E-state index in [2.05, 4.69) is 32.3 Å². The molecule has 0 spiro atoms. The highest BCUT2D eigenvalue weighted by Gasteiger charge is 2.25. The van der Waals surface area contributed by atoms with Crippen molar-refractivity contribution in [2.75, 3.05) is 23.7 Å². The molecule has 32 heavy (non-hydrogen) atoms. The Balaban J connectivity index is 1.39. The minimum Gasteiger partial charge on any atom is -0.350 e. The number of amides is 2. The summed E-state index contributed by atoms with van der Waals surface area (Å²) < 4.78 is 1.73. The van der Waals surface area contributed by atoms with Crippen molar-refractivity contribution in [2.45, 2.75) is 18.9 Å². The third kappa shape index (κ3) is 5.00. The summed E-state index contributed by atoms with van der Waals surface area (Å²) in [5.74, 6) is 0.208. The fraction of sp³-hybridized carbons (Fsp3) is 0.261. The number of likely N-dealkylation sites (tertiary alicyclic amines) is 1. The van der Waals surface area contributed by atoms with Crippen LogP contribution in [0, 0.1) is 0 Å². The highest BCUT2D eigenvalue weighted by molar-refractivity contribution is 5.99. The largest absolute Gasteiger partial charge is 0.350 e. The number of benzene rings is 1. The minimum atomic E-state index is -0.288. The Kier molecular flexibility index (Phi) is 6.25. The Bertz CT molecular complexity index is 1120. The number of nitrogens with zero attached hydrogens (tertiary/aromatic N) is 5. The predicted molar refractivity (Wildman–Crippen MR) is 122 cm³/mol. The maximum absolute atomic E-state index is 13.0. The van der Waals surface area contributed by atoms with E-state index in [9.17, 15) is 9.59 Å². The van der Waals surface area contributed by atoms with E-state index in [1.54, 1.807) is 41.3 Å². The SMILES string of the molecule is C=CC(=O)Nc1ccc(C(=O)N2CCCC(Nc3nccc(-c4cnn(C)c4)n3)C2)cc1. The first kappa shape index (κ1) is 21.2. The van der Waals surface area contributed by atoms with E-state index in [0.29, 0.717) is 30.3 Å². The Morgan fingerprint density at radius 2 is 2.03 bits per heavy atom. The third-order valence-corrected chi connectivity index (χ3v) is 5.28. The summed E-state index contributed by atoms with van der Waals surface area (Å²) in [5.41, 5.74) is 2.92. The van der Waals surface area contributed by atoms with E-state index in [1.165, 1.54) is 6.08 Å². The number of anilines is 2. The predicted octanol–water partition coefficient (Wildman–Crippen LogP) is 2.72. The van der Waals surface area contributed by atoms with Crippen molar-refractivity contribution in [1.82, 2.24) is 24.6 Å². The number of aryl methyl sites for hydroxylation is 1. The number of piperidine rings is 1. The minimum absolute atomic E-state index is 0.0388. The molecule has 3 heterocycles. The van der Waals surface area contributed by atoms with Crippen molar-refractivity contribution < 1.29 is 9.59 Å². The molecule has 1 atom stereocenters. The summed E-state index contributed by atoms with van der Waals surface area (Å²) in [6.45, 7) is 4.69.